The molecule has 0 amide bonds. The van der Waals surface area contributed by atoms with Crippen molar-refractivity contribution in [2.45, 2.75) is 24.8 Å². The highest BCUT2D eigenvalue weighted by atomic mass is 35.5. The van der Waals surface area contributed by atoms with Gasteiger partial charge in [0.15, 0.2) is 0 Å². The summed E-state index contributed by atoms with van der Waals surface area (Å²) in [5, 5.41) is 3.31. The van der Waals surface area contributed by atoms with Gasteiger partial charge in [-0.15, -0.1) is 0 Å². The van der Waals surface area contributed by atoms with Crippen LogP contribution < -0.4 is 10.2 Å². The van der Waals surface area contributed by atoms with Crippen molar-refractivity contribution in [3.05, 3.63) is 63.6 Å². The second-order valence-corrected chi connectivity index (χ2v) is 6.42. The molecule has 0 saturated carbocycles. The van der Waals surface area contributed by atoms with Crippen LogP contribution in [0.3, 0.4) is 0 Å². The third kappa shape index (κ3) is 5.45. The molecule has 2 aromatic carbocycles. The number of rotatable bonds is 7. The average Bonchev–Trinajstić information content (AvgIpc) is 2.61. The summed E-state index contributed by atoms with van der Waals surface area (Å²) in [6.45, 7) is -0.0438. The summed E-state index contributed by atoms with van der Waals surface area (Å²) in [6, 6.07) is 4.89. The second kappa shape index (κ2) is 8.66. The lowest BCUT2D eigenvalue weighted by molar-refractivity contribution is -0.361. The molecule has 158 valence electrons. The van der Waals surface area contributed by atoms with Crippen LogP contribution in [0.1, 0.15) is 11.1 Å². The van der Waals surface area contributed by atoms with Crippen LogP contribution in [0.15, 0.2) is 47.6 Å². The Bertz CT molecular complexity index is 888. The minimum Gasteiger partial charge on any atom is -0.488 e. The largest absolute Gasteiger partial charge is 0.488 e. The normalized spacial score (nSPS) is 13.0. The SMILES string of the molecule is FC(F)(F)C(F)(F)C(F)(F)N/N=C\c1cc(Cl)ccc1OCc1ccccc1Cl. The minimum absolute atomic E-state index is 0.0438. The smallest absolute Gasteiger partial charge is 0.462 e. The molecule has 0 spiro atoms. The van der Waals surface area contributed by atoms with Gasteiger partial charge in [-0.3, -0.25) is 0 Å². The molecule has 0 aliphatic heterocycles. The first-order valence-corrected chi connectivity index (χ1v) is 8.39. The van der Waals surface area contributed by atoms with Crippen LogP contribution >= 0.6 is 23.2 Å². The van der Waals surface area contributed by atoms with Crippen molar-refractivity contribution in [3.63, 3.8) is 0 Å². The first kappa shape index (κ1) is 23.1. The number of alkyl halides is 7. The van der Waals surface area contributed by atoms with Crippen LogP contribution in [-0.4, -0.2) is 24.4 Å². The van der Waals surface area contributed by atoms with Gasteiger partial charge in [0.25, 0.3) is 0 Å². The Kier molecular flexibility index (Phi) is 6.89. The van der Waals surface area contributed by atoms with E-state index in [1.807, 2.05) is 0 Å². The van der Waals surface area contributed by atoms with Gasteiger partial charge in [-0.1, -0.05) is 41.4 Å². The van der Waals surface area contributed by atoms with Gasteiger partial charge in [0.2, 0.25) is 0 Å². The Morgan fingerprint density at radius 1 is 0.966 bits per heavy atom. The fourth-order valence-electron chi connectivity index (χ4n) is 1.95. The molecule has 0 aliphatic rings. The van der Waals surface area contributed by atoms with Crippen molar-refractivity contribution in [3.8, 4) is 5.75 Å². The molecule has 12 heteroatoms. The molecule has 2 rings (SSSR count). The van der Waals surface area contributed by atoms with E-state index in [1.165, 1.54) is 18.2 Å². The number of hydrazone groups is 1. The lowest BCUT2D eigenvalue weighted by Gasteiger charge is -2.27. The predicted octanol–water partition coefficient (Wildman–Crippen LogP) is 6.29. The fourth-order valence-corrected chi connectivity index (χ4v) is 2.32. The summed E-state index contributed by atoms with van der Waals surface area (Å²) >= 11 is 11.8. The summed E-state index contributed by atoms with van der Waals surface area (Å²) in [5.41, 5.74) is 1.06. The topological polar surface area (TPSA) is 33.6 Å². The molecule has 29 heavy (non-hydrogen) atoms. The predicted molar refractivity (Wildman–Crippen MR) is 93.9 cm³/mol. The monoisotopic (exact) mass is 462 g/mol. The fraction of sp³-hybridized carbons (Fsp3) is 0.235. The molecule has 0 saturated heterocycles. The molecule has 0 heterocycles. The molecule has 0 fully saturated rings. The number of benzene rings is 2. The summed E-state index contributed by atoms with van der Waals surface area (Å²) in [4.78, 5) is 0. The number of ether oxygens (including phenoxy) is 1. The molecule has 0 bridgehead atoms. The Hall–Kier alpha value is -2.20. The van der Waals surface area contributed by atoms with E-state index in [0.717, 1.165) is 0 Å². The highest BCUT2D eigenvalue weighted by Crippen LogP contribution is 2.45. The molecule has 0 radical (unpaired) electrons. The Morgan fingerprint density at radius 2 is 1.62 bits per heavy atom. The Morgan fingerprint density at radius 3 is 2.24 bits per heavy atom. The zero-order chi connectivity index (χ0) is 21.9. The van der Waals surface area contributed by atoms with Gasteiger partial charge in [0.1, 0.15) is 12.4 Å². The van der Waals surface area contributed by atoms with E-state index < -0.39 is 18.1 Å². The van der Waals surface area contributed by atoms with Crippen molar-refractivity contribution < 1.29 is 35.5 Å². The third-order valence-corrected chi connectivity index (χ3v) is 4.08. The number of hydrogen-bond donors (Lipinski definition) is 1. The molecule has 0 atom stereocenters. The van der Waals surface area contributed by atoms with Gasteiger partial charge in [0.05, 0.1) is 6.21 Å². The van der Waals surface area contributed by atoms with Gasteiger partial charge in [-0.2, -0.15) is 35.8 Å². The quantitative estimate of drug-likeness (QED) is 0.227. The van der Waals surface area contributed by atoms with Gasteiger partial charge in [-0.05, 0) is 24.3 Å². The van der Waals surface area contributed by atoms with E-state index in [9.17, 15) is 30.7 Å². The summed E-state index contributed by atoms with van der Waals surface area (Å²) < 4.78 is 94.0. The van der Waals surface area contributed by atoms with Gasteiger partial charge < -0.3 is 4.74 Å². The van der Waals surface area contributed by atoms with Gasteiger partial charge in [0, 0.05) is 21.2 Å². The minimum atomic E-state index is -6.47. The molecule has 0 aromatic heterocycles. The van der Waals surface area contributed by atoms with E-state index in [-0.39, 0.29) is 22.9 Å². The van der Waals surface area contributed by atoms with Crippen molar-refractivity contribution in [2.24, 2.45) is 5.10 Å². The van der Waals surface area contributed by atoms with E-state index in [2.05, 4.69) is 5.10 Å². The number of halogens is 9. The summed E-state index contributed by atoms with van der Waals surface area (Å²) in [6.07, 6.45) is -5.90. The molecule has 2 aromatic rings. The van der Waals surface area contributed by atoms with E-state index in [1.54, 1.807) is 24.3 Å². The average molecular weight is 463 g/mol. The maximum atomic E-state index is 13.2. The molecule has 0 unspecified atom stereocenters. The first-order chi connectivity index (χ1) is 13.3. The van der Waals surface area contributed by atoms with Crippen molar-refractivity contribution in [2.75, 3.05) is 0 Å². The standard InChI is InChI=1S/C17H11Cl2F7N2O/c18-12-5-6-14(29-9-10-3-1-2-4-13(10)19)11(7-12)8-27-28-17(25,26)15(20,21)16(22,23)24/h1-8,28H,9H2/b27-8-. The van der Waals surface area contributed by atoms with Crippen LogP contribution in [0, 0.1) is 0 Å². The Labute approximate surface area is 170 Å². The summed E-state index contributed by atoms with van der Waals surface area (Å²) in [5.74, 6) is -6.29. The zero-order valence-electron chi connectivity index (χ0n) is 14.1. The second-order valence-electron chi connectivity index (χ2n) is 5.58. The maximum absolute atomic E-state index is 13.2. The zero-order valence-corrected chi connectivity index (χ0v) is 15.6. The molecule has 1 N–H and O–H groups in total. The van der Waals surface area contributed by atoms with Crippen LogP contribution in [0.25, 0.3) is 0 Å². The highest BCUT2D eigenvalue weighted by molar-refractivity contribution is 6.31. The van der Waals surface area contributed by atoms with E-state index in [4.69, 9.17) is 27.9 Å². The van der Waals surface area contributed by atoms with Crippen molar-refractivity contribution in [1.29, 1.82) is 0 Å². The maximum Gasteiger partial charge on any atom is 0.462 e. The van der Waals surface area contributed by atoms with Crippen LogP contribution in [0.5, 0.6) is 5.75 Å². The van der Waals surface area contributed by atoms with Gasteiger partial charge in [-0.25, -0.2) is 5.43 Å². The molecule has 3 nitrogen and oxygen atoms in total. The molecular weight excluding hydrogens is 452 g/mol. The molecule has 0 aliphatic carbocycles. The van der Waals surface area contributed by atoms with Crippen LogP contribution in [-0.2, 0) is 6.61 Å². The highest BCUT2D eigenvalue weighted by Gasteiger charge is 2.73. The Balaban J connectivity index is 2.18. The van der Waals surface area contributed by atoms with E-state index >= 15 is 0 Å². The van der Waals surface area contributed by atoms with E-state index in [0.29, 0.717) is 22.2 Å². The van der Waals surface area contributed by atoms with Crippen molar-refractivity contribution in [1.82, 2.24) is 5.43 Å². The molecular formula is C17H11Cl2F7N2O. The number of nitrogens with one attached hydrogen (secondary N) is 1. The first-order valence-electron chi connectivity index (χ1n) is 7.63. The number of hydrogen-bond acceptors (Lipinski definition) is 3. The number of nitrogens with zero attached hydrogens (tertiary/aromatic N) is 1. The van der Waals surface area contributed by atoms with Gasteiger partial charge >= 0.3 is 18.1 Å². The summed E-state index contributed by atoms with van der Waals surface area (Å²) in [7, 11) is 0. The van der Waals surface area contributed by atoms with Crippen molar-refractivity contribution >= 4 is 29.4 Å². The van der Waals surface area contributed by atoms with Crippen LogP contribution in [0.4, 0.5) is 30.7 Å². The lowest BCUT2D eigenvalue weighted by Crippen LogP contribution is -2.58. The van der Waals surface area contributed by atoms with Crippen LogP contribution in [0.2, 0.25) is 10.0 Å². The third-order valence-electron chi connectivity index (χ3n) is 3.47. The lowest BCUT2D eigenvalue weighted by atomic mass is 10.2.